The van der Waals surface area contributed by atoms with Gasteiger partial charge in [0.15, 0.2) is 0 Å². The van der Waals surface area contributed by atoms with Crippen molar-refractivity contribution in [3.05, 3.63) is 28.8 Å². The molecule has 0 spiro atoms. The van der Waals surface area contributed by atoms with E-state index in [1.165, 1.54) is 43.9 Å². The van der Waals surface area contributed by atoms with Crippen molar-refractivity contribution in [1.82, 2.24) is 5.43 Å². The number of carbonyl (C=O) groups is 1. The fraction of sp³-hybridized carbons (Fsp3) is 0.467. The van der Waals surface area contributed by atoms with Crippen molar-refractivity contribution in [1.29, 1.82) is 0 Å². The summed E-state index contributed by atoms with van der Waals surface area (Å²) in [5.41, 5.74) is 2.61. The van der Waals surface area contributed by atoms with Gasteiger partial charge in [0.05, 0.1) is 5.56 Å². The van der Waals surface area contributed by atoms with Gasteiger partial charge in [0.2, 0.25) is 0 Å². The Balaban J connectivity index is 1.60. The molecule has 3 atom stereocenters. The molecular weight excluding hydrogens is 276 g/mol. The van der Waals surface area contributed by atoms with Gasteiger partial charge in [0.25, 0.3) is 5.91 Å². The first-order chi connectivity index (χ1) is 9.63. The zero-order valence-electron chi connectivity index (χ0n) is 11.1. The highest BCUT2D eigenvalue weighted by molar-refractivity contribution is 6.31. The van der Waals surface area contributed by atoms with Gasteiger partial charge in [-0.1, -0.05) is 18.0 Å². The van der Waals surface area contributed by atoms with Gasteiger partial charge in [-0.25, -0.2) is 5.43 Å². The summed E-state index contributed by atoms with van der Waals surface area (Å²) in [5, 5.41) is 14.1. The minimum absolute atomic E-state index is 0.0953. The largest absolute Gasteiger partial charge is 0.507 e. The number of phenolic OH excluding ortho intramolecular Hbond substituents is 1. The lowest BCUT2D eigenvalue weighted by Gasteiger charge is -2.16. The maximum absolute atomic E-state index is 11.9. The zero-order chi connectivity index (χ0) is 14.1. The molecule has 0 aliphatic heterocycles. The average molecular weight is 293 g/mol. The van der Waals surface area contributed by atoms with Gasteiger partial charge in [0.1, 0.15) is 5.75 Å². The maximum atomic E-state index is 11.9. The summed E-state index contributed by atoms with van der Waals surface area (Å²) in [5.74, 6) is 1.54. The van der Waals surface area contributed by atoms with Crippen LogP contribution >= 0.6 is 11.6 Å². The molecule has 0 saturated heterocycles. The molecule has 4 nitrogen and oxygen atoms in total. The van der Waals surface area contributed by atoms with Crippen molar-refractivity contribution in [2.24, 2.45) is 22.9 Å². The van der Waals surface area contributed by atoms with Crippen LogP contribution < -0.4 is 5.43 Å². The van der Waals surface area contributed by atoms with Gasteiger partial charge in [-0.15, -0.1) is 0 Å². The molecule has 1 aromatic rings. The normalized spacial score (nSPS) is 28.1. The molecule has 3 rings (SSSR count). The maximum Gasteiger partial charge on any atom is 0.275 e. The monoisotopic (exact) mass is 292 g/mol. The zero-order valence-corrected chi connectivity index (χ0v) is 11.8. The number of nitrogens with one attached hydrogen (secondary N) is 1. The Morgan fingerprint density at radius 2 is 2.25 bits per heavy atom. The van der Waals surface area contributed by atoms with E-state index < -0.39 is 5.91 Å². The molecule has 2 saturated carbocycles. The first kappa shape index (κ1) is 13.4. The Bertz CT molecular complexity index is 559. The number of benzene rings is 1. The van der Waals surface area contributed by atoms with Crippen LogP contribution in [0.15, 0.2) is 23.3 Å². The van der Waals surface area contributed by atoms with Crippen molar-refractivity contribution in [2.45, 2.75) is 25.7 Å². The van der Waals surface area contributed by atoms with Crippen LogP contribution in [0.1, 0.15) is 36.0 Å². The van der Waals surface area contributed by atoms with Crippen molar-refractivity contribution < 1.29 is 9.90 Å². The molecule has 1 amide bonds. The summed E-state index contributed by atoms with van der Waals surface area (Å²) in [6.45, 7) is 0. The summed E-state index contributed by atoms with van der Waals surface area (Å²) in [4.78, 5) is 11.9. The van der Waals surface area contributed by atoms with Crippen molar-refractivity contribution in [3.8, 4) is 5.75 Å². The summed E-state index contributed by atoms with van der Waals surface area (Å²) in [7, 11) is 0. The number of fused-ring (bicyclic) bond motifs is 2. The van der Waals surface area contributed by atoms with E-state index in [-0.39, 0.29) is 11.3 Å². The molecule has 20 heavy (non-hydrogen) atoms. The molecule has 2 aliphatic rings. The lowest BCUT2D eigenvalue weighted by molar-refractivity contribution is 0.0952. The van der Waals surface area contributed by atoms with E-state index in [1.807, 2.05) is 6.21 Å². The summed E-state index contributed by atoms with van der Waals surface area (Å²) in [6.07, 6.45) is 6.97. The Kier molecular flexibility index (Phi) is 3.66. The predicted molar refractivity (Wildman–Crippen MR) is 78.0 cm³/mol. The fourth-order valence-electron chi connectivity index (χ4n) is 3.42. The first-order valence-electron chi connectivity index (χ1n) is 6.95. The predicted octanol–water partition coefficient (Wildman–Crippen LogP) is 3.20. The Hall–Kier alpha value is -1.55. The average Bonchev–Trinajstić information content (AvgIpc) is 3.04. The van der Waals surface area contributed by atoms with Crippen LogP contribution in [0.5, 0.6) is 5.75 Å². The molecule has 0 unspecified atom stereocenters. The standard InChI is InChI=1S/C15H17ClN2O2/c16-12-3-4-14(19)13(7-12)15(20)18-17-8-11-6-9-1-2-10(11)5-9/h3-4,7-11,19H,1-2,5-6H2,(H,18,20)/b17-8-/t9-,10+,11-/m0/s1. The lowest BCUT2D eigenvalue weighted by atomic mass is 9.90. The van der Waals surface area contributed by atoms with E-state index in [0.717, 1.165) is 11.8 Å². The molecule has 0 radical (unpaired) electrons. The second-order valence-corrected chi connectivity index (χ2v) is 6.16. The van der Waals surface area contributed by atoms with Crippen LogP contribution in [0.25, 0.3) is 0 Å². The number of carbonyl (C=O) groups excluding carboxylic acids is 1. The third-order valence-electron chi connectivity index (χ3n) is 4.43. The van der Waals surface area contributed by atoms with E-state index in [0.29, 0.717) is 10.9 Å². The molecule has 1 aromatic carbocycles. The van der Waals surface area contributed by atoms with Crippen molar-refractivity contribution in [2.75, 3.05) is 0 Å². The Morgan fingerprint density at radius 1 is 1.40 bits per heavy atom. The third-order valence-corrected chi connectivity index (χ3v) is 4.66. The van der Waals surface area contributed by atoms with Crippen LogP contribution in [0.2, 0.25) is 5.02 Å². The number of nitrogens with zero attached hydrogens (tertiary/aromatic N) is 1. The van der Waals surface area contributed by atoms with E-state index in [1.54, 1.807) is 0 Å². The van der Waals surface area contributed by atoms with Gasteiger partial charge >= 0.3 is 0 Å². The molecule has 0 aromatic heterocycles. The highest BCUT2D eigenvalue weighted by atomic mass is 35.5. The Morgan fingerprint density at radius 3 is 2.95 bits per heavy atom. The number of aromatic hydroxyl groups is 1. The molecule has 2 bridgehead atoms. The number of hydrogen-bond donors (Lipinski definition) is 2. The smallest absolute Gasteiger partial charge is 0.275 e. The lowest BCUT2D eigenvalue weighted by Crippen LogP contribution is -2.20. The van der Waals surface area contributed by atoms with Gasteiger partial charge in [0, 0.05) is 11.2 Å². The van der Waals surface area contributed by atoms with E-state index in [9.17, 15) is 9.90 Å². The van der Waals surface area contributed by atoms with Crippen molar-refractivity contribution >= 4 is 23.7 Å². The minimum atomic E-state index is -0.440. The van der Waals surface area contributed by atoms with Crippen LogP contribution in [0.3, 0.4) is 0 Å². The van der Waals surface area contributed by atoms with Crippen LogP contribution in [0.4, 0.5) is 0 Å². The molecule has 106 valence electrons. The summed E-state index contributed by atoms with van der Waals surface area (Å²) >= 11 is 5.81. The van der Waals surface area contributed by atoms with Gasteiger partial charge < -0.3 is 5.11 Å². The van der Waals surface area contributed by atoms with Crippen LogP contribution in [-0.2, 0) is 0 Å². The first-order valence-corrected chi connectivity index (χ1v) is 7.33. The Labute approximate surface area is 122 Å². The van der Waals surface area contributed by atoms with Crippen LogP contribution in [-0.4, -0.2) is 17.2 Å². The summed E-state index contributed by atoms with van der Waals surface area (Å²) in [6, 6.07) is 4.36. The molecule has 5 heteroatoms. The second kappa shape index (κ2) is 5.44. The number of halogens is 1. The summed E-state index contributed by atoms with van der Waals surface area (Å²) < 4.78 is 0. The van der Waals surface area contributed by atoms with E-state index >= 15 is 0 Å². The number of amides is 1. The van der Waals surface area contributed by atoms with Gasteiger partial charge in [-0.3, -0.25) is 4.79 Å². The highest BCUT2D eigenvalue weighted by Gasteiger charge is 2.38. The van der Waals surface area contributed by atoms with E-state index in [4.69, 9.17) is 11.6 Å². The minimum Gasteiger partial charge on any atom is -0.507 e. The molecule has 2 fully saturated rings. The molecule has 0 heterocycles. The van der Waals surface area contributed by atoms with Crippen molar-refractivity contribution in [3.63, 3.8) is 0 Å². The van der Waals surface area contributed by atoms with E-state index in [2.05, 4.69) is 10.5 Å². The number of hydrazone groups is 1. The number of rotatable bonds is 3. The van der Waals surface area contributed by atoms with Gasteiger partial charge in [-0.2, -0.15) is 5.10 Å². The third kappa shape index (κ3) is 2.66. The SMILES string of the molecule is O=C(N/N=C\[C@@H]1C[C@H]2CC[C@@H]1C2)c1cc(Cl)ccc1O. The van der Waals surface area contributed by atoms with Gasteiger partial charge in [-0.05, 0) is 55.2 Å². The second-order valence-electron chi connectivity index (χ2n) is 5.72. The van der Waals surface area contributed by atoms with Crippen LogP contribution in [0, 0.1) is 17.8 Å². The fourth-order valence-corrected chi connectivity index (χ4v) is 3.59. The quantitative estimate of drug-likeness (QED) is 0.664. The highest BCUT2D eigenvalue weighted by Crippen LogP contribution is 2.47. The molecular formula is C15H17ClN2O2. The number of hydrogen-bond acceptors (Lipinski definition) is 3. The molecule has 2 N–H and O–H groups in total. The topological polar surface area (TPSA) is 61.7 Å². The molecule has 2 aliphatic carbocycles. The number of phenols is 1.